The quantitative estimate of drug-likeness (QED) is 0.116. The van der Waals surface area contributed by atoms with Crippen LogP contribution >= 0.6 is 67.8 Å². The largest absolute Gasteiger partial charge is 0.461 e. The van der Waals surface area contributed by atoms with Crippen molar-refractivity contribution in [3.63, 3.8) is 0 Å². The SMILES string of the molecule is CC(C)CCC[C@@H](C)[C@H]1CC[C@H]2[C@@H]3CC=C4C[C@@H](OC(=O)CNC(=O)c5cc(I)cc(I)c5I)CC[C@]4(C)[C@H]3CC[C@]12C. The molecule has 4 nitrogen and oxygen atoms in total. The van der Waals surface area contributed by atoms with Gasteiger partial charge >= 0.3 is 5.97 Å². The number of amides is 1. The molecule has 0 unspecified atom stereocenters. The van der Waals surface area contributed by atoms with Gasteiger partial charge < -0.3 is 10.1 Å². The number of hydrogen-bond acceptors (Lipinski definition) is 3. The highest BCUT2D eigenvalue weighted by molar-refractivity contribution is 14.1. The van der Waals surface area contributed by atoms with Crippen molar-refractivity contribution in [2.24, 2.45) is 46.3 Å². The molecular weight excluding hydrogens is 875 g/mol. The molecule has 0 saturated heterocycles. The highest BCUT2D eigenvalue weighted by Gasteiger charge is 2.59. The third-order valence-corrected chi connectivity index (χ3v) is 15.9. The first-order chi connectivity index (χ1) is 20.3. The summed E-state index contributed by atoms with van der Waals surface area (Å²) in [5.74, 6) is 4.41. The highest BCUT2D eigenvalue weighted by atomic mass is 127. The zero-order valence-electron chi connectivity index (χ0n) is 26.6. The summed E-state index contributed by atoms with van der Waals surface area (Å²) in [5.41, 5.74) is 2.88. The number of carbonyl (C=O) groups is 2. The summed E-state index contributed by atoms with van der Waals surface area (Å²) in [7, 11) is 0. The van der Waals surface area contributed by atoms with Crippen LogP contribution in [0.25, 0.3) is 0 Å². The number of carbonyl (C=O) groups excluding carboxylic acids is 2. The van der Waals surface area contributed by atoms with E-state index in [1.54, 1.807) is 0 Å². The van der Waals surface area contributed by atoms with Crippen molar-refractivity contribution in [3.8, 4) is 0 Å². The fourth-order valence-electron chi connectivity index (χ4n) is 9.95. The van der Waals surface area contributed by atoms with Crippen molar-refractivity contribution in [2.45, 2.75) is 111 Å². The molecule has 4 aliphatic carbocycles. The molecule has 0 aromatic heterocycles. The topological polar surface area (TPSA) is 55.4 Å². The molecule has 0 heterocycles. The van der Waals surface area contributed by atoms with Crippen LogP contribution in [0.2, 0.25) is 0 Å². The molecule has 0 aliphatic heterocycles. The molecule has 1 aromatic carbocycles. The third kappa shape index (κ3) is 7.18. The van der Waals surface area contributed by atoms with Gasteiger partial charge in [0.2, 0.25) is 0 Å². The van der Waals surface area contributed by atoms with Gasteiger partial charge in [0.1, 0.15) is 12.6 Å². The summed E-state index contributed by atoms with van der Waals surface area (Å²) in [5, 5.41) is 2.80. The van der Waals surface area contributed by atoms with Gasteiger partial charge in [0.25, 0.3) is 5.91 Å². The Morgan fingerprint density at radius 1 is 1.00 bits per heavy atom. The maximum atomic E-state index is 12.8. The summed E-state index contributed by atoms with van der Waals surface area (Å²) in [4.78, 5) is 25.6. The van der Waals surface area contributed by atoms with Crippen molar-refractivity contribution < 1.29 is 14.3 Å². The Bertz CT molecular complexity index is 1250. The number of rotatable bonds is 9. The molecule has 1 aromatic rings. The van der Waals surface area contributed by atoms with E-state index in [2.05, 4.69) is 114 Å². The fraction of sp³-hybridized carbons (Fsp3) is 0.722. The van der Waals surface area contributed by atoms with E-state index in [0.717, 1.165) is 65.5 Å². The monoisotopic (exact) mass is 925 g/mol. The Hall–Kier alpha value is 0.0900. The van der Waals surface area contributed by atoms with Crippen molar-refractivity contribution in [2.75, 3.05) is 6.54 Å². The molecule has 0 radical (unpaired) electrons. The van der Waals surface area contributed by atoms with Gasteiger partial charge in [-0.25, -0.2) is 0 Å². The lowest BCUT2D eigenvalue weighted by Gasteiger charge is -2.58. The maximum absolute atomic E-state index is 12.8. The van der Waals surface area contributed by atoms with Crippen LogP contribution in [0.3, 0.4) is 0 Å². The van der Waals surface area contributed by atoms with Gasteiger partial charge in [0.15, 0.2) is 0 Å². The number of allylic oxidation sites excluding steroid dienone is 1. The van der Waals surface area contributed by atoms with Crippen molar-refractivity contribution in [1.29, 1.82) is 0 Å². The van der Waals surface area contributed by atoms with E-state index in [1.165, 1.54) is 56.9 Å². The molecule has 1 N–H and O–H groups in total. The minimum Gasteiger partial charge on any atom is -0.461 e. The summed E-state index contributed by atoms with van der Waals surface area (Å²) in [6.45, 7) is 12.4. The first-order valence-corrected chi connectivity index (χ1v) is 19.9. The van der Waals surface area contributed by atoms with Gasteiger partial charge in [-0.2, -0.15) is 0 Å². The zero-order chi connectivity index (χ0) is 31.1. The molecule has 3 fully saturated rings. The van der Waals surface area contributed by atoms with Gasteiger partial charge in [-0.1, -0.05) is 65.5 Å². The molecule has 3 saturated carbocycles. The number of esters is 1. The van der Waals surface area contributed by atoms with Crippen LogP contribution in [0.1, 0.15) is 116 Å². The summed E-state index contributed by atoms with van der Waals surface area (Å²) < 4.78 is 8.91. The Balaban J connectivity index is 1.17. The van der Waals surface area contributed by atoms with E-state index in [4.69, 9.17) is 4.74 Å². The van der Waals surface area contributed by atoms with Crippen molar-refractivity contribution >= 4 is 79.6 Å². The van der Waals surface area contributed by atoms with E-state index in [1.807, 2.05) is 12.1 Å². The predicted molar refractivity (Wildman–Crippen MR) is 200 cm³/mol. The highest BCUT2D eigenvalue weighted by Crippen LogP contribution is 2.67. The predicted octanol–water partition coefficient (Wildman–Crippen LogP) is 10.2. The van der Waals surface area contributed by atoms with Gasteiger partial charge in [-0.3, -0.25) is 9.59 Å². The molecule has 238 valence electrons. The second-order valence-electron chi connectivity index (χ2n) is 15.1. The van der Waals surface area contributed by atoms with E-state index in [0.29, 0.717) is 11.0 Å². The molecule has 5 rings (SSSR count). The number of benzene rings is 1. The molecule has 0 bridgehead atoms. The summed E-state index contributed by atoms with van der Waals surface area (Å²) in [6.07, 6.45) is 16.3. The second-order valence-corrected chi connectivity index (χ2v) is 18.6. The lowest BCUT2D eigenvalue weighted by atomic mass is 9.47. The third-order valence-electron chi connectivity index (χ3n) is 12.2. The fourth-order valence-corrected chi connectivity index (χ4v) is 12.4. The maximum Gasteiger partial charge on any atom is 0.325 e. The summed E-state index contributed by atoms with van der Waals surface area (Å²) in [6, 6.07) is 3.91. The lowest BCUT2D eigenvalue weighted by molar-refractivity contribution is -0.150. The standard InChI is InChI=1S/C36H50I3NO3/c1-21(2)7-6-8-22(3)28-11-12-29-26-10-9-23-17-25(13-15-35(23,4)30(26)14-16-36(28,29)5)43-32(41)20-40-34(42)27-18-24(37)19-31(38)33(27)39/h9,18-19,21-22,25-26,28-30H,6-8,10-17,20H2,1-5H3,(H,40,42)/t22-,25+,26+,28-,29+,30+,35+,36-/m1/s1. The Morgan fingerprint density at radius 2 is 1.77 bits per heavy atom. The van der Waals surface area contributed by atoms with Crippen LogP contribution in [0.4, 0.5) is 0 Å². The molecule has 0 spiro atoms. The number of fused-ring (bicyclic) bond motifs is 5. The van der Waals surface area contributed by atoms with Crippen molar-refractivity contribution in [1.82, 2.24) is 5.32 Å². The van der Waals surface area contributed by atoms with Gasteiger partial charge in [-0.15, -0.1) is 0 Å². The molecule has 8 atom stereocenters. The minimum atomic E-state index is -0.334. The number of hydrogen-bond donors (Lipinski definition) is 1. The Morgan fingerprint density at radius 3 is 2.51 bits per heavy atom. The molecular formula is C36H50I3NO3. The average molecular weight is 926 g/mol. The van der Waals surface area contributed by atoms with Crippen LogP contribution in [-0.2, 0) is 9.53 Å². The number of nitrogens with one attached hydrogen (secondary N) is 1. The Labute approximate surface area is 300 Å². The number of halogens is 3. The van der Waals surface area contributed by atoms with Crippen LogP contribution in [0.15, 0.2) is 23.8 Å². The molecule has 1 amide bonds. The smallest absolute Gasteiger partial charge is 0.325 e. The first kappa shape index (κ1) is 34.4. The van der Waals surface area contributed by atoms with Crippen LogP contribution < -0.4 is 5.32 Å². The molecule has 7 heteroatoms. The number of ether oxygens (including phenoxy) is 1. The average Bonchev–Trinajstić information content (AvgIpc) is 3.31. The Kier molecular flexibility index (Phi) is 11.3. The molecule has 43 heavy (non-hydrogen) atoms. The minimum absolute atomic E-state index is 0.0876. The van der Waals surface area contributed by atoms with Gasteiger partial charge in [-0.05, 0) is 171 Å². The van der Waals surface area contributed by atoms with E-state index < -0.39 is 0 Å². The molecule has 4 aliphatic rings. The lowest BCUT2D eigenvalue weighted by Crippen LogP contribution is -2.51. The summed E-state index contributed by atoms with van der Waals surface area (Å²) >= 11 is 6.66. The normalized spacial score (nSPS) is 34.1. The van der Waals surface area contributed by atoms with Gasteiger partial charge in [0.05, 0.1) is 5.56 Å². The van der Waals surface area contributed by atoms with E-state index >= 15 is 0 Å². The zero-order valence-corrected chi connectivity index (χ0v) is 33.1. The van der Waals surface area contributed by atoms with Crippen molar-refractivity contribution in [3.05, 3.63) is 40.1 Å². The van der Waals surface area contributed by atoms with Crippen LogP contribution in [0.5, 0.6) is 0 Å². The van der Waals surface area contributed by atoms with Crippen LogP contribution in [-0.4, -0.2) is 24.5 Å². The van der Waals surface area contributed by atoms with Gasteiger partial charge in [0, 0.05) is 17.1 Å². The van der Waals surface area contributed by atoms with E-state index in [-0.39, 0.29) is 29.9 Å². The van der Waals surface area contributed by atoms with E-state index in [9.17, 15) is 9.59 Å². The van der Waals surface area contributed by atoms with Crippen LogP contribution in [0, 0.1) is 57.0 Å². The first-order valence-electron chi connectivity index (χ1n) is 16.6. The second kappa shape index (κ2) is 14.1.